The summed E-state index contributed by atoms with van der Waals surface area (Å²) >= 11 is 0. The Morgan fingerprint density at radius 1 is 1.14 bits per heavy atom. The molecule has 3 heterocycles. The van der Waals surface area contributed by atoms with Crippen molar-refractivity contribution in [2.45, 2.75) is 51.0 Å². The first kappa shape index (κ1) is 24.3. The number of hydrogen-bond donors (Lipinski definition) is 1. The molecule has 1 fully saturated rings. The Kier molecular flexibility index (Phi) is 6.96. The quantitative estimate of drug-likeness (QED) is 0.526. The lowest BCUT2D eigenvalue weighted by Gasteiger charge is -2.37. The zero-order chi connectivity index (χ0) is 25.1. The second-order valence-electron chi connectivity index (χ2n) is 9.64. The molecule has 1 aliphatic carbocycles. The standard InChI is InChI=1S/C28H33N3O5/c1-3-34-25-7-5-22-26(30-25)19(11-15-29-22)8-12-28(33)13-9-20(10-14-28)27(32)31(2)21-4-6-23-24(18-21)36-17-16-35-23/h4-7,11,15,18,20,33H,3,8-10,12-14,16-17H2,1-2H3. The zero-order valence-electron chi connectivity index (χ0n) is 20.9. The third kappa shape index (κ3) is 5.09. The fourth-order valence-corrected chi connectivity index (χ4v) is 5.15. The summed E-state index contributed by atoms with van der Waals surface area (Å²) in [6, 6.07) is 11.3. The number of amides is 1. The van der Waals surface area contributed by atoms with Crippen molar-refractivity contribution in [2.75, 3.05) is 31.8 Å². The first-order valence-corrected chi connectivity index (χ1v) is 12.7. The average Bonchev–Trinajstić information content (AvgIpc) is 2.91. The van der Waals surface area contributed by atoms with E-state index in [-0.39, 0.29) is 11.8 Å². The molecule has 36 heavy (non-hydrogen) atoms. The van der Waals surface area contributed by atoms with Crippen LogP contribution in [0.2, 0.25) is 0 Å². The number of aryl methyl sites for hydroxylation is 1. The molecule has 0 unspecified atom stereocenters. The highest BCUT2D eigenvalue weighted by molar-refractivity contribution is 5.95. The van der Waals surface area contributed by atoms with E-state index in [9.17, 15) is 9.90 Å². The second-order valence-corrected chi connectivity index (χ2v) is 9.64. The molecule has 1 saturated carbocycles. The molecule has 2 aromatic heterocycles. The van der Waals surface area contributed by atoms with Crippen LogP contribution in [0.15, 0.2) is 42.6 Å². The van der Waals surface area contributed by atoms with Crippen LogP contribution in [-0.2, 0) is 11.2 Å². The molecule has 3 aromatic rings. The molecule has 0 atom stereocenters. The van der Waals surface area contributed by atoms with Gasteiger partial charge in [0.25, 0.3) is 0 Å². The number of aromatic nitrogens is 2. The lowest BCUT2D eigenvalue weighted by atomic mass is 9.75. The van der Waals surface area contributed by atoms with Crippen LogP contribution in [0.5, 0.6) is 17.4 Å². The molecule has 1 amide bonds. The van der Waals surface area contributed by atoms with E-state index >= 15 is 0 Å². The molecule has 8 heteroatoms. The molecule has 5 rings (SSSR count). The van der Waals surface area contributed by atoms with Gasteiger partial charge in [0.15, 0.2) is 11.5 Å². The number of fused-ring (bicyclic) bond motifs is 2. The van der Waals surface area contributed by atoms with Crippen molar-refractivity contribution in [1.29, 1.82) is 0 Å². The summed E-state index contributed by atoms with van der Waals surface area (Å²) in [4.78, 5) is 24.0. The molecular weight excluding hydrogens is 458 g/mol. The molecule has 190 valence electrons. The maximum Gasteiger partial charge on any atom is 0.229 e. The normalized spacial score (nSPS) is 21.2. The van der Waals surface area contributed by atoms with Crippen molar-refractivity contribution >= 4 is 22.6 Å². The van der Waals surface area contributed by atoms with Crippen molar-refractivity contribution in [3.63, 3.8) is 0 Å². The fourth-order valence-electron chi connectivity index (χ4n) is 5.15. The van der Waals surface area contributed by atoms with E-state index in [1.807, 2.05) is 43.3 Å². The predicted molar refractivity (Wildman–Crippen MR) is 137 cm³/mol. The maximum atomic E-state index is 13.2. The number of rotatable bonds is 7. The van der Waals surface area contributed by atoms with Crippen molar-refractivity contribution in [1.82, 2.24) is 9.97 Å². The third-order valence-electron chi connectivity index (χ3n) is 7.30. The number of ether oxygens (including phenoxy) is 3. The summed E-state index contributed by atoms with van der Waals surface area (Å²) in [5.74, 6) is 1.92. The third-order valence-corrected chi connectivity index (χ3v) is 7.30. The topological polar surface area (TPSA) is 94.0 Å². The van der Waals surface area contributed by atoms with Gasteiger partial charge in [-0.15, -0.1) is 0 Å². The largest absolute Gasteiger partial charge is 0.486 e. The summed E-state index contributed by atoms with van der Waals surface area (Å²) < 4.78 is 16.8. The van der Waals surface area contributed by atoms with Gasteiger partial charge in [0.2, 0.25) is 11.8 Å². The Bertz CT molecular complexity index is 1240. The number of carbonyl (C=O) groups is 1. The van der Waals surface area contributed by atoms with E-state index in [2.05, 4.69) is 9.97 Å². The van der Waals surface area contributed by atoms with Gasteiger partial charge in [0, 0.05) is 37.0 Å². The summed E-state index contributed by atoms with van der Waals surface area (Å²) in [5, 5.41) is 11.3. The molecule has 1 aliphatic heterocycles. The summed E-state index contributed by atoms with van der Waals surface area (Å²) in [6.07, 6.45) is 5.60. The summed E-state index contributed by atoms with van der Waals surface area (Å²) in [7, 11) is 1.80. The van der Waals surface area contributed by atoms with Gasteiger partial charge < -0.3 is 24.2 Å². The molecule has 0 saturated heterocycles. The van der Waals surface area contributed by atoms with Crippen molar-refractivity contribution in [3.05, 3.63) is 48.2 Å². The van der Waals surface area contributed by atoms with E-state index in [4.69, 9.17) is 14.2 Å². The molecule has 0 spiro atoms. The summed E-state index contributed by atoms with van der Waals surface area (Å²) in [6.45, 7) is 3.53. The molecule has 1 aromatic carbocycles. The van der Waals surface area contributed by atoms with Crippen LogP contribution in [0.1, 0.15) is 44.6 Å². The number of aliphatic hydroxyl groups is 1. The fraction of sp³-hybridized carbons (Fsp3) is 0.464. The van der Waals surface area contributed by atoms with Crippen molar-refractivity contribution < 1.29 is 24.1 Å². The monoisotopic (exact) mass is 491 g/mol. The van der Waals surface area contributed by atoms with Crippen LogP contribution in [0.4, 0.5) is 5.69 Å². The van der Waals surface area contributed by atoms with E-state index in [0.29, 0.717) is 75.7 Å². The SMILES string of the molecule is CCOc1ccc2nccc(CCC3(O)CCC(C(=O)N(C)c4ccc5c(c4)OCCO5)CC3)c2n1. The number of hydrogen-bond acceptors (Lipinski definition) is 7. The van der Waals surface area contributed by atoms with Gasteiger partial charge in [-0.25, -0.2) is 4.98 Å². The van der Waals surface area contributed by atoms with Crippen molar-refractivity contribution in [3.8, 4) is 17.4 Å². The van der Waals surface area contributed by atoms with E-state index in [0.717, 1.165) is 22.3 Å². The lowest BCUT2D eigenvalue weighted by Crippen LogP contribution is -2.40. The molecule has 1 N–H and O–H groups in total. The maximum absolute atomic E-state index is 13.2. The van der Waals surface area contributed by atoms with Crippen LogP contribution >= 0.6 is 0 Å². The predicted octanol–water partition coefficient (Wildman–Crippen LogP) is 4.32. The molecular formula is C28H33N3O5. The van der Waals surface area contributed by atoms with Crippen LogP contribution in [0.3, 0.4) is 0 Å². The Morgan fingerprint density at radius 3 is 2.69 bits per heavy atom. The van der Waals surface area contributed by atoms with Crippen LogP contribution in [0, 0.1) is 5.92 Å². The minimum atomic E-state index is -0.792. The first-order valence-electron chi connectivity index (χ1n) is 12.7. The highest BCUT2D eigenvalue weighted by atomic mass is 16.6. The van der Waals surface area contributed by atoms with Gasteiger partial charge in [-0.3, -0.25) is 9.78 Å². The van der Waals surface area contributed by atoms with Gasteiger partial charge in [-0.1, -0.05) is 0 Å². The number of carbonyl (C=O) groups excluding carboxylic acids is 1. The Labute approximate surface area is 211 Å². The lowest BCUT2D eigenvalue weighted by molar-refractivity contribution is -0.125. The smallest absolute Gasteiger partial charge is 0.229 e. The van der Waals surface area contributed by atoms with E-state index in [1.165, 1.54) is 0 Å². The minimum Gasteiger partial charge on any atom is -0.486 e. The minimum absolute atomic E-state index is 0.0708. The Morgan fingerprint density at radius 2 is 1.92 bits per heavy atom. The highest BCUT2D eigenvalue weighted by Gasteiger charge is 2.36. The number of anilines is 1. The summed E-state index contributed by atoms with van der Waals surface area (Å²) in [5.41, 5.74) is 2.68. The first-order chi connectivity index (χ1) is 17.5. The van der Waals surface area contributed by atoms with E-state index < -0.39 is 5.60 Å². The van der Waals surface area contributed by atoms with Crippen molar-refractivity contribution in [2.24, 2.45) is 5.92 Å². The molecule has 0 radical (unpaired) electrons. The zero-order valence-corrected chi connectivity index (χ0v) is 20.9. The molecule has 2 aliphatic rings. The highest BCUT2D eigenvalue weighted by Crippen LogP contribution is 2.38. The average molecular weight is 492 g/mol. The number of benzene rings is 1. The van der Waals surface area contributed by atoms with Gasteiger partial charge >= 0.3 is 0 Å². The molecule has 8 nitrogen and oxygen atoms in total. The van der Waals surface area contributed by atoms with Gasteiger partial charge in [-0.05, 0) is 75.3 Å². The van der Waals surface area contributed by atoms with Crippen LogP contribution in [-0.4, -0.2) is 53.5 Å². The second kappa shape index (κ2) is 10.3. The number of pyridine rings is 2. The van der Waals surface area contributed by atoms with Gasteiger partial charge in [0.1, 0.15) is 13.2 Å². The Hall–Kier alpha value is -3.39. The molecule has 0 bridgehead atoms. The van der Waals surface area contributed by atoms with Gasteiger partial charge in [-0.2, -0.15) is 0 Å². The number of nitrogens with zero attached hydrogens (tertiary/aromatic N) is 3. The van der Waals surface area contributed by atoms with E-state index in [1.54, 1.807) is 18.1 Å². The van der Waals surface area contributed by atoms with Gasteiger partial charge in [0.05, 0.1) is 23.2 Å². The Balaban J connectivity index is 1.20. The van der Waals surface area contributed by atoms with Crippen LogP contribution < -0.4 is 19.1 Å². The van der Waals surface area contributed by atoms with Crippen LogP contribution in [0.25, 0.3) is 11.0 Å².